The maximum Gasteiger partial charge on any atom is 0.254 e. The monoisotopic (exact) mass is 395 g/mol. The number of fused-ring (bicyclic) bond motifs is 1. The molecule has 0 N–H and O–H groups in total. The van der Waals surface area contributed by atoms with Crippen molar-refractivity contribution in [2.24, 2.45) is 0 Å². The Bertz CT molecular complexity index is 857. The van der Waals surface area contributed by atoms with Crippen LogP contribution in [-0.4, -0.2) is 61.5 Å². The zero-order chi connectivity index (χ0) is 20.4. The van der Waals surface area contributed by atoms with Gasteiger partial charge in [-0.2, -0.15) is 0 Å². The average molecular weight is 396 g/mol. The highest BCUT2D eigenvalue weighted by Crippen LogP contribution is 2.33. The van der Waals surface area contributed by atoms with Crippen LogP contribution in [0.1, 0.15) is 36.2 Å². The van der Waals surface area contributed by atoms with Gasteiger partial charge in [0.1, 0.15) is 5.82 Å². The SMILES string of the molecule is CC1(C)CN(CCCN2CCN(c3ccc(F)cc3)CC2)C(=O)c2ccccc21. The Kier molecular flexibility index (Phi) is 5.59. The summed E-state index contributed by atoms with van der Waals surface area (Å²) in [5, 5.41) is 0. The molecule has 1 amide bonds. The van der Waals surface area contributed by atoms with Crippen LogP contribution in [-0.2, 0) is 5.41 Å². The predicted octanol–water partition coefficient (Wildman–Crippen LogP) is 3.77. The van der Waals surface area contributed by atoms with E-state index in [9.17, 15) is 9.18 Å². The van der Waals surface area contributed by atoms with Gasteiger partial charge < -0.3 is 9.80 Å². The first-order valence-corrected chi connectivity index (χ1v) is 10.6. The lowest BCUT2D eigenvalue weighted by molar-refractivity contribution is 0.0678. The summed E-state index contributed by atoms with van der Waals surface area (Å²) in [7, 11) is 0. The summed E-state index contributed by atoms with van der Waals surface area (Å²) in [5.41, 5.74) is 3.10. The van der Waals surface area contributed by atoms with Crippen LogP contribution in [0.5, 0.6) is 0 Å². The van der Waals surface area contributed by atoms with Crippen molar-refractivity contribution in [3.8, 4) is 0 Å². The molecule has 0 aromatic heterocycles. The van der Waals surface area contributed by atoms with E-state index in [1.54, 1.807) is 0 Å². The van der Waals surface area contributed by atoms with Crippen LogP contribution >= 0.6 is 0 Å². The lowest BCUT2D eigenvalue weighted by atomic mass is 9.78. The quantitative estimate of drug-likeness (QED) is 0.771. The Balaban J connectivity index is 1.27. The molecule has 2 aromatic carbocycles. The van der Waals surface area contributed by atoms with E-state index in [2.05, 4.69) is 29.7 Å². The Morgan fingerprint density at radius 1 is 0.931 bits per heavy atom. The molecular formula is C24H30FN3O. The lowest BCUT2D eigenvalue weighted by Crippen LogP contribution is -2.49. The minimum absolute atomic E-state index is 0.00864. The third-order valence-corrected chi connectivity index (χ3v) is 6.23. The van der Waals surface area contributed by atoms with Gasteiger partial charge in [-0.3, -0.25) is 9.69 Å². The second kappa shape index (κ2) is 8.15. The van der Waals surface area contributed by atoms with Crippen LogP contribution in [0.25, 0.3) is 0 Å². The number of amides is 1. The van der Waals surface area contributed by atoms with Gasteiger partial charge in [0.25, 0.3) is 5.91 Å². The second-order valence-corrected chi connectivity index (χ2v) is 8.81. The largest absolute Gasteiger partial charge is 0.369 e. The molecule has 0 saturated carbocycles. The maximum atomic E-state index is 13.1. The number of halogens is 1. The highest BCUT2D eigenvalue weighted by molar-refractivity contribution is 5.97. The molecule has 0 atom stereocenters. The van der Waals surface area contributed by atoms with Crippen molar-refractivity contribution in [3.05, 3.63) is 65.5 Å². The number of carbonyl (C=O) groups excluding carboxylic acids is 1. The molecule has 2 heterocycles. The molecular weight excluding hydrogens is 365 g/mol. The second-order valence-electron chi connectivity index (χ2n) is 8.81. The summed E-state index contributed by atoms with van der Waals surface area (Å²) >= 11 is 0. The van der Waals surface area contributed by atoms with E-state index in [4.69, 9.17) is 0 Å². The molecule has 1 fully saturated rings. The first kappa shape index (κ1) is 19.9. The molecule has 0 radical (unpaired) electrons. The molecule has 4 rings (SSSR count). The number of hydrogen-bond acceptors (Lipinski definition) is 3. The van der Waals surface area contributed by atoms with Crippen molar-refractivity contribution in [2.45, 2.75) is 25.7 Å². The fraction of sp³-hybridized carbons (Fsp3) is 0.458. The van der Waals surface area contributed by atoms with Crippen LogP contribution in [0, 0.1) is 5.82 Å². The Hall–Kier alpha value is -2.40. The zero-order valence-corrected chi connectivity index (χ0v) is 17.4. The Labute approximate surface area is 172 Å². The number of carbonyl (C=O) groups is 1. The van der Waals surface area contributed by atoms with Crippen molar-refractivity contribution in [2.75, 3.05) is 50.7 Å². The van der Waals surface area contributed by atoms with E-state index in [1.165, 1.54) is 12.1 Å². The summed E-state index contributed by atoms with van der Waals surface area (Å²) < 4.78 is 13.1. The summed E-state index contributed by atoms with van der Waals surface area (Å²) in [6.45, 7) is 10.9. The average Bonchev–Trinajstić information content (AvgIpc) is 2.73. The number of benzene rings is 2. The summed E-state index contributed by atoms with van der Waals surface area (Å²) in [5.74, 6) is -0.0218. The topological polar surface area (TPSA) is 26.8 Å². The van der Waals surface area contributed by atoms with E-state index in [0.29, 0.717) is 0 Å². The van der Waals surface area contributed by atoms with E-state index in [0.717, 1.165) is 69.0 Å². The fourth-order valence-corrected chi connectivity index (χ4v) is 4.61. The number of nitrogens with zero attached hydrogens (tertiary/aromatic N) is 3. The van der Waals surface area contributed by atoms with Gasteiger partial charge in [0.2, 0.25) is 0 Å². The van der Waals surface area contributed by atoms with Crippen LogP contribution in [0.4, 0.5) is 10.1 Å². The number of rotatable bonds is 5. The molecule has 5 heteroatoms. The third-order valence-electron chi connectivity index (χ3n) is 6.23. The maximum absolute atomic E-state index is 13.1. The molecule has 0 aliphatic carbocycles. The summed E-state index contributed by atoms with van der Waals surface area (Å²) in [6, 6.07) is 14.8. The van der Waals surface area contributed by atoms with Gasteiger partial charge in [-0.25, -0.2) is 4.39 Å². The van der Waals surface area contributed by atoms with Gasteiger partial charge in [-0.05, 0) is 48.9 Å². The molecule has 2 aromatic rings. The molecule has 0 spiro atoms. The molecule has 29 heavy (non-hydrogen) atoms. The minimum Gasteiger partial charge on any atom is -0.369 e. The molecule has 2 aliphatic rings. The van der Waals surface area contributed by atoms with Crippen molar-refractivity contribution < 1.29 is 9.18 Å². The third kappa shape index (κ3) is 4.30. The first-order valence-electron chi connectivity index (χ1n) is 10.6. The molecule has 0 unspecified atom stereocenters. The molecule has 4 nitrogen and oxygen atoms in total. The molecule has 2 aliphatic heterocycles. The van der Waals surface area contributed by atoms with E-state index >= 15 is 0 Å². The van der Waals surface area contributed by atoms with Crippen LogP contribution in [0.15, 0.2) is 48.5 Å². The van der Waals surface area contributed by atoms with Crippen LogP contribution < -0.4 is 4.90 Å². The number of piperazine rings is 1. The van der Waals surface area contributed by atoms with Gasteiger partial charge in [0.15, 0.2) is 0 Å². The summed E-state index contributed by atoms with van der Waals surface area (Å²) in [4.78, 5) is 19.7. The molecule has 1 saturated heterocycles. The van der Waals surface area contributed by atoms with Gasteiger partial charge in [0, 0.05) is 55.9 Å². The highest BCUT2D eigenvalue weighted by atomic mass is 19.1. The van der Waals surface area contributed by atoms with E-state index in [1.807, 2.05) is 35.2 Å². The lowest BCUT2D eigenvalue weighted by Gasteiger charge is -2.40. The first-order chi connectivity index (χ1) is 13.9. The van der Waals surface area contributed by atoms with E-state index < -0.39 is 0 Å². The summed E-state index contributed by atoms with van der Waals surface area (Å²) in [6.07, 6.45) is 0.987. The smallest absolute Gasteiger partial charge is 0.254 e. The van der Waals surface area contributed by atoms with Gasteiger partial charge >= 0.3 is 0 Å². The van der Waals surface area contributed by atoms with Crippen LogP contribution in [0.2, 0.25) is 0 Å². The van der Waals surface area contributed by atoms with Crippen LogP contribution in [0.3, 0.4) is 0 Å². The molecule has 0 bridgehead atoms. The van der Waals surface area contributed by atoms with Crippen molar-refractivity contribution >= 4 is 11.6 Å². The number of anilines is 1. The minimum atomic E-state index is -0.189. The highest BCUT2D eigenvalue weighted by Gasteiger charge is 2.35. The standard InChI is InChI=1S/C24H30FN3O/c1-24(2)18-28(23(29)21-6-3-4-7-22(21)24)13-5-12-26-14-16-27(17-15-26)20-10-8-19(25)9-11-20/h3-4,6-11H,5,12-18H2,1-2H3. The van der Waals surface area contributed by atoms with Crippen molar-refractivity contribution in [1.82, 2.24) is 9.80 Å². The van der Waals surface area contributed by atoms with Gasteiger partial charge in [-0.15, -0.1) is 0 Å². The predicted molar refractivity (Wildman–Crippen MR) is 115 cm³/mol. The van der Waals surface area contributed by atoms with Gasteiger partial charge in [0.05, 0.1) is 0 Å². The number of hydrogen-bond donors (Lipinski definition) is 0. The van der Waals surface area contributed by atoms with Gasteiger partial charge in [-0.1, -0.05) is 32.0 Å². The molecule has 154 valence electrons. The van der Waals surface area contributed by atoms with Crippen molar-refractivity contribution in [3.63, 3.8) is 0 Å². The fourth-order valence-electron chi connectivity index (χ4n) is 4.61. The zero-order valence-electron chi connectivity index (χ0n) is 17.4. The Morgan fingerprint density at radius 2 is 1.62 bits per heavy atom. The normalized spacial score (nSPS) is 19.3. The Morgan fingerprint density at radius 3 is 2.34 bits per heavy atom. The van der Waals surface area contributed by atoms with E-state index in [-0.39, 0.29) is 17.1 Å². The van der Waals surface area contributed by atoms with Crippen molar-refractivity contribution in [1.29, 1.82) is 0 Å².